The van der Waals surface area contributed by atoms with E-state index in [0.717, 1.165) is 5.56 Å². The number of hydrogen-bond donors (Lipinski definition) is 2. The smallest absolute Gasteiger partial charge is 0.273 e. The van der Waals surface area contributed by atoms with Crippen molar-refractivity contribution in [2.24, 2.45) is 0 Å². The molecule has 0 bridgehead atoms. The normalized spacial score (nSPS) is 11.1. The summed E-state index contributed by atoms with van der Waals surface area (Å²) in [5.41, 5.74) is 1.61. The van der Waals surface area contributed by atoms with Crippen LogP contribution in [0.5, 0.6) is 0 Å². The molecule has 2 aromatic heterocycles. The minimum Gasteiger partial charge on any atom is -0.331 e. The van der Waals surface area contributed by atoms with Gasteiger partial charge in [-0.05, 0) is 11.5 Å². The van der Waals surface area contributed by atoms with Crippen LogP contribution in [-0.4, -0.2) is 21.2 Å². The number of hydrogen-bond acceptors (Lipinski definition) is 3. The van der Waals surface area contributed by atoms with Crippen LogP contribution in [-0.2, 0) is 0 Å². The van der Waals surface area contributed by atoms with Gasteiger partial charge in [0.2, 0.25) is 0 Å². The molecule has 0 spiro atoms. The number of nitrogens with one attached hydrogen (secondary N) is 2. The van der Waals surface area contributed by atoms with E-state index < -0.39 is 0 Å². The lowest BCUT2D eigenvalue weighted by Gasteiger charge is -2.04. The predicted molar refractivity (Wildman–Crippen MR) is 56.2 cm³/mol. The van der Waals surface area contributed by atoms with Crippen molar-refractivity contribution in [1.82, 2.24) is 15.0 Å². The average Bonchev–Trinajstić information content (AvgIpc) is 2.62. The molecule has 5 nitrogen and oxygen atoms in total. The summed E-state index contributed by atoms with van der Waals surface area (Å²) >= 11 is 0. The molecule has 15 heavy (non-hydrogen) atoms. The van der Waals surface area contributed by atoms with Gasteiger partial charge in [0.1, 0.15) is 5.52 Å². The molecule has 0 aliphatic heterocycles. The minimum absolute atomic E-state index is 0.184. The lowest BCUT2D eigenvalue weighted by molar-refractivity contribution is 0.111. The third-order valence-corrected chi connectivity index (χ3v) is 2.32. The zero-order chi connectivity index (χ0) is 11.0. The minimum atomic E-state index is -0.255. The van der Waals surface area contributed by atoms with Gasteiger partial charge in [-0.25, -0.2) is 4.98 Å². The molecule has 0 saturated carbocycles. The van der Waals surface area contributed by atoms with E-state index in [0.29, 0.717) is 17.3 Å². The Morgan fingerprint density at radius 1 is 1.47 bits per heavy atom. The zero-order valence-corrected chi connectivity index (χ0v) is 8.50. The van der Waals surface area contributed by atoms with Gasteiger partial charge in [0.25, 0.3) is 5.56 Å². The molecular formula is C10H11N3O2. The van der Waals surface area contributed by atoms with E-state index in [-0.39, 0.29) is 17.3 Å². The van der Waals surface area contributed by atoms with E-state index in [1.54, 1.807) is 6.20 Å². The van der Waals surface area contributed by atoms with Gasteiger partial charge in [-0.3, -0.25) is 9.59 Å². The molecule has 0 aliphatic carbocycles. The predicted octanol–water partition coefficient (Wildman–Crippen LogP) is 1.19. The van der Waals surface area contributed by atoms with Crippen LogP contribution in [0.15, 0.2) is 11.0 Å². The molecule has 0 saturated heterocycles. The summed E-state index contributed by atoms with van der Waals surface area (Å²) in [6.45, 7) is 4.00. The SMILES string of the molecule is CC(C)c1c[nH]c(=O)c2[nH]c(C=O)nc12. The van der Waals surface area contributed by atoms with Crippen LogP contribution in [0.25, 0.3) is 11.0 Å². The molecule has 0 aliphatic rings. The lowest BCUT2D eigenvalue weighted by Crippen LogP contribution is -2.07. The summed E-state index contributed by atoms with van der Waals surface area (Å²) in [7, 11) is 0. The third kappa shape index (κ3) is 1.45. The summed E-state index contributed by atoms with van der Waals surface area (Å²) in [5, 5.41) is 0. The number of aromatic nitrogens is 3. The second-order valence-electron chi connectivity index (χ2n) is 3.69. The Balaban J connectivity index is 2.86. The third-order valence-electron chi connectivity index (χ3n) is 2.32. The standard InChI is InChI=1S/C10H11N3O2/c1-5(2)6-3-11-10(15)9-8(6)12-7(4-14)13-9/h3-5H,1-2H3,(H,11,15)(H,12,13). The number of H-pyrrole nitrogens is 2. The van der Waals surface area contributed by atoms with E-state index in [9.17, 15) is 9.59 Å². The molecule has 2 N–H and O–H groups in total. The van der Waals surface area contributed by atoms with E-state index in [1.807, 2.05) is 13.8 Å². The molecule has 78 valence electrons. The van der Waals surface area contributed by atoms with Crippen molar-refractivity contribution in [3.8, 4) is 0 Å². The summed E-state index contributed by atoms with van der Waals surface area (Å²) in [4.78, 5) is 31.4. The molecule has 0 amide bonds. The Hall–Kier alpha value is -1.91. The summed E-state index contributed by atoms with van der Waals surface area (Å²) < 4.78 is 0. The van der Waals surface area contributed by atoms with Gasteiger partial charge < -0.3 is 9.97 Å². The number of imidazole rings is 1. The van der Waals surface area contributed by atoms with Gasteiger partial charge >= 0.3 is 0 Å². The largest absolute Gasteiger partial charge is 0.331 e. The first-order chi connectivity index (χ1) is 7.13. The van der Waals surface area contributed by atoms with Gasteiger partial charge in [-0.2, -0.15) is 0 Å². The number of aromatic amines is 2. The van der Waals surface area contributed by atoms with Crippen LogP contribution in [0.2, 0.25) is 0 Å². The Bertz CT molecular complexity index is 566. The van der Waals surface area contributed by atoms with Crippen LogP contribution >= 0.6 is 0 Å². The highest BCUT2D eigenvalue weighted by atomic mass is 16.1. The number of rotatable bonds is 2. The Labute approximate surface area is 85.5 Å². The van der Waals surface area contributed by atoms with Crippen molar-refractivity contribution in [3.63, 3.8) is 0 Å². The fourth-order valence-electron chi connectivity index (χ4n) is 1.54. The Morgan fingerprint density at radius 2 is 2.20 bits per heavy atom. The lowest BCUT2D eigenvalue weighted by atomic mass is 10.0. The van der Waals surface area contributed by atoms with Crippen molar-refractivity contribution in [1.29, 1.82) is 0 Å². The molecule has 0 fully saturated rings. The quantitative estimate of drug-likeness (QED) is 0.723. The molecule has 0 radical (unpaired) electrons. The molecular weight excluding hydrogens is 194 g/mol. The number of aldehydes is 1. The number of carbonyl (C=O) groups is 1. The topological polar surface area (TPSA) is 78.6 Å². The monoisotopic (exact) mass is 205 g/mol. The van der Waals surface area contributed by atoms with E-state index >= 15 is 0 Å². The summed E-state index contributed by atoms with van der Waals surface area (Å²) in [6.07, 6.45) is 2.24. The van der Waals surface area contributed by atoms with E-state index in [4.69, 9.17) is 0 Å². The highest BCUT2D eigenvalue weighted by Crippen LogP contribution is 2.19. The molecule has 0 aromatic carbocycles. The Morgan fingerprint density at radius 3 is 2.80 bits per heavy atom. The van der Waals surface area contributed by atoms with Crippen molar-refractivity contribution < 1.29 is 4.79 Å². The van der Waals surface area contributed by atoms with Gasteiger partial charge in [-0.1, -0.05) is 13.8 Å². The summed E-state index contributed by atoms with van der Waals surface area (Å²) in [5.74, 6) is 0.427. The van der Waals surface area contributed by atoms with Crippen LogP contribution in [0, 0.1) is 0 Å². The van der Waals surface area contributed by atoms with Crippen molar-refractivity contribution in [2.75, 3.05) is 0 Å². The first kappa shape index (κ1) is 9.64. The summed E-state index contributed by atoms with van der Waals surface area (Å²) in [6, 6.07) is 0. The van der Waals surface area contributed by atoms with Crippen LogP contribution in [0.1, 0.15) is 35.9 Å². The maximum absolute atomic E-state index is 11.4. The fourth-order valence-corrected chi connectivity index (χ4v) is 1.54. The van der Waals surface area contributed by atoms with Gasteiger partial charge in [0, 0.05) is 6.20 Å². The first-order valence-corrected chi connectivity index (χ1v) is 4.70. The van der Waals surface area contributed by atoms with Gasteiger partial charge in [0.05, 0.1) is 5.52 Å². The average molecular weight is 205 g/mol. The Kier molecular flexibility index (Phi) is 2.15. The van der Waals surface area contributed by atoms with E-state index in [2.05, 4.69) is 15.0 Å². The molecule has 2 rings (SSSR count). The molecule has 2 heterocycles. The molecule has 2 aromatic rings. The zero-order valence-electron chi connectivity index (χ0n) is 8.50. The number of carbonyl (C=O) groups excluding carboxylic acids is 1. The highest BCUT2D eigenvalue weighted by Gasteiger charge is 2.12. The second-order valence-corrected chi connectivity index (χ2v) is 3.69. The van der Waals surface area contributed by atoms with Crippen molar-refractivity contribution >= 4 is 17.3 Å². The van der Waals surface area contributed by atoms with Crippen LogP contribution in [0.4, 0.5) is 0 Å². The fraction of sp³-hybridized carbons (Fsp3) is 0.300. The molecule has 5 heteroatoms. The van der Waals surface area contributed by atoms with Gasteiger partial charge in [-0.15, -0.1) is 0 Å². The maximum atomic E-state index is 11.4. The molecule has 0 unspecified atom stereocenters. The van der Waals surface area contributed by atoms with Crippen molar-refractivity contribution in [2.45, 2.75) is 19.8 Å². The van der Waals surface area contributed by atoms with Crippen LogP contribution in [0.3, 0.4) is 0 Å². The van der Waals surface area contributed by atoms with Crippen LogP contribution < -0.4 is 5.56 Å². The highest BCUT2D eigenvalue weighted by molar-refractivity contribution is 5.83. The number of fused-ring (bicyclic) bond motifs is 1. The first-order valence-electron chi connectivity index (χ1n) is 4.70. The van der Waals surface area contributed by atoms with Gasteiger partial charge in [0.15, 0.2) is 12.1 Å². The van der Waals surface area contributed by atoms with E-state index in [1.165, 1.54) is 0 Å². The number of pyridine rings is 1. The maximum Gasteiger partial charge on any atom is 0.273 e. The second kappa shape index (κ2) is 3.34. The molecule has 0 atom stereocenters. The number of nitrogens with zero attached hydrogens (tertiary/aromatic N) is 1. The van der Waals surface area contributed by atoms with Crippen molar-refractivity contribution in [3.05, 3.63) is 27.9 Å².